The van der Waals surface area contributed by atoms with Crippen LogP contribution in [0.3, 0.4) is 0 Å². The molecule has 1 aromatic carbocycles. The van der Waals surface area contributed by atoms with Crippen LogP contribution in [0.4, 0.5) is 5.95 Å². The van der Waals surface area contributed by atoms with E-state index in [1.54, 1.807) is 4.68 Å². The van der Waals surface area contributed by atoms with Crippen LogP contribution in [0.1, 0.15) is 50.5 Å². The molecule has 2 aromatic heterocycles. The van der Waals surface area contributed by atoms with E-state index < -0.39 is 0 Å². The number of carbonyl (C=O) groups excluding carboxylic acids is 1. The number of carbonyl (C=O) groups is 1. The van der Waals surface area contributed by atoms with Gasteiger partial charge in [-0.3, -0.25) is 10.1 Å². The smallest absolute Gasteiger partial charge is 0.270 e. The Morgan fingerprint density at radius 1 is 1.24 bits per heavy atom. The van der Waals surface area contributed by atoms with Crippen molar-refractivity contribution in [3.05, 3.63) is 57.3 Å². The summed E-state index contributed by atoms with van der Waals surface area (Å²) < 4.78 is 1.65. The van der Waals surface area contributed by atoms with Gasteiger partial charge in [-0.25, -0.2) is 9.67 Å². The highest BCUT2D eigenvalue weighted by molar-refractivity contribution is 7.14. The van der Waals surface area contributed by atoms with Crippen LogP contribution >= 0.6 is 23.7 Å². The van der Waals surface area contributed by atoms with E-state index in [0.29, 0.717) is 16.7 Å². The molecule has 4 rings (SSSR count). The summed E-state index contributed by atoms with van der Waals surface area (Å²) in [6.07, 6.45) is 2.77. The first kappa shape index (κ1) is 21.4. The average molecular weight is 433 g/mol. The molecule has 0 bridgehead atoms. The monoisotopic (exact) mass is 432 g/mol. The molecule has 0 saturated carbocycles. The molecule has 0 atom stereocenters. The molecule has 3 aromatic rings. The molecule has 1 amide bonds. The number of nitrogens with one attached hydrogen (secondary N) is 2. The Bertz CT molecular complexity index is 965. The molecule has 0 spiro atoms. The molecule has 1 aliphatic rings. The molecule has 0 unspecified atom stereocenters. The first-order valence-corrected chi connectivity index (χ1v) is 10.3. The summed E-state index contributed by atoms with van der Waals surface area (Å²) in [7, 11) is 1.81. The van der Waals surface area contributed by atoms with E-state index in [0.717, 1.165) is 48.9 Å². The van der Waals surface area contributed by atoms with E-state index in [1.165, 1.54) is 16.9 Å². The molecule has 154 valence electrons. The van der Waals surface area contributed by atoms with Crippen LogP contribution in [-0.2, 0) is 13.5 Å². The molecule has 0 aliphatic carbocycles. The van der Waals surface area contributed by atoms with Crippen molar-refractivity contribution in [2.24, 2.45) is 7.05 Å². The van der Waals surface area contributed by atoms with Crippen LogP contribution in [-0.4, -0.2) is 38.7 Å². The summed E-state index contributed by atoms with van der Waals surface area (Å²) in [5, 5.41) is 11.7. The molecule has 1 aliphatic heterocycles. The summed E-state index contributed by atoms with van der Waals surface area (Å²) in [6, 6.07) is 10.2. The van der Waals surface area contributed by atoms with Crippen molar-refractivity contribution >= 4 is 35.6 Å². The second-order valence-corrected chi connectivity index (χ2v) is 8.16. The first-order chi connectivity index (χ1) is 13.6. The van der Waals surface area contributed by atoms with Gasteiger partial charge in [-0.15, -0.1) is 23.7 Å². The van der Waals surface area contributed by atoms with Gasteiger partial charge < -0.3 is 5.32 Å². The molecule has 2 N–H and O–H groups in total. The van der Waals surface area contributed by atoms with E-state index in [4.69, 9.17) is 0 Å². The molecule has 7 nitrogen and oxygen atoms in total. The highest BCUT2D eigenvalue weighted by atomic mass is 35.5. The van der Waals surface area contributed by atoms with Gasteiger partial charge in [0.05, 0.1) is 10.7 Å². The number of hydrogen-bond donors (Lipinski definition) is 2. The Labute approximate surface area is 180 Å². The lowest BCUT2D eigenvalue weighted by Crippen LogP contribution is -2.27. The van der Waals surface area contributed by atoms with E-state index in [-0.39, 0.29) is 18.3 Å². The van der Waals surface area contributed by atoms with Crippen molar-refractivity contribution in [2.75, 3.05) is 18.4 Å². The van der Waals surface area contributed by atoms with E-state index in [1.807, 2.05) is 32.2 Å². The highest BCUT2D eigenvalue weighted by Crippen LogP contribution is 2.25. The zero-order valence-electron chi connectivity index (χ0n) is 16.5. The Hall–Kier alpha value is -2.29. The third kappa shape index (κ3) is 5.01. The fraction of sp³-hybridized carbons (Fsp3) is 0.400. The topological polar surface area (TPSA) is 84.7 Å². The average Bonchev–Trinajstić information content (AvgIpc) is 3.26. The predicted molar refractivity (Wildman–Crippen MR) is 117 cm³/mol. The minimum atomic E-state index is -0.179. The molecule has 29 heavy (non-hydrogen) atoms. The van der Waals surface area contributed by atoms with Crippen LogP contribution in [0.5, 0.6) is 0 Å². The molecule has 1 fully saturated rings. The Morgan fingerprint density at radius 3 is 2.69 bits per heavy atom. The van der Waals surface area contributed by atoms with Crippen LogP contribution < -0.4 is 10.6 Å². The predicted octanol–water partition coefficient (Wildman–Crippen LogP) is 3.31. The SMILES string of the molecule is Cc1nc(Cc2ccccc2)sc1C(=O)Nc1nc(C2CCNCC2)nn1C.Cl. The maximum Gasteiger partial charge on any atom is 0.270 e. The van der Waals surface area contributed by atoms with Crippen molar-refractivity contribution < 1.29 is 4.79 Å². The van der Waals surface area contributed by atoms with Gasteiger partial charge in [0.15, 0.2) is 5.82 Å². The number of halogens is 1. The Morgan fingerprint density at radius 2 is 1.97 bits per heavy atom. The molecular weight excluding hydrogens is 408 g/mol. The van der Waals surface area contributed by atoms with Crippen LogP contribution in [0, 0.1) is 6.92 Å². The minimum absolute atomic E-state index is 0. The van der Waals surface area contributed by atoms with Gasteiger partial charge in [0.1, 0.15) is 4.88 Å². The largest absolute Gasteiger partial charge is 0.317 e. The normalized spacial score (nSPS) is 14.4. The fourth-order valence-electron chi connectivity index (χ4n) is 3.43. The van der Waals surface area contributed by atoms with Crippen molar-refractivity contribution in [1.29, 1.82) is 0 Å². The van der Waals surface area contributed by atoms with Gasteiger partial charge in [-0.2, -0.15) is 10.1 Å². The standard InChI is InChI=1S/C20H24N6OS.ClH/c1-13-17(28-16(22-13)12-14-6-4-3-5-7-14)19(27)24-20-23-18(25-26(20)2)15-8-10-21-11-9-15;/h3-7,15,21H,8-12H2,1-2H3,(H,23,24,25,27);1H. The summed E-state index contributed by atoms with van der Waals surface area (Å²) in [4.78, 5) is 22.6. The van der Waals surface area contributed by atoms with Gasteiger partial charge in [-0.1, -0.05) is 30.3 Å². The van der Waals surface area contributed by atoms with Crippen LogP contribution in [0.2, 0.25) is 0 Å². The number of anilines is 1. The lowest BCUT2D eigenvalue weighted by atomic mass is 9.98. The molecule has 1 saturated heterocycles. The summed E-state index contributed by atoms with van der Waals surface area (Å²) >= 11 is 1.43. The summed E-state index contributed by atoms with van der Waals surface area (Å²) in [5.74, 6) is 1.46. The number of rotatable bonds is 5. The van der Waals surface area contributed by atoms with Gasteiger partial charge in [0.2, 0.25) is 5.95 Å². The lowest BCUT2D eigenvalue weighted by molar-refractivity contribution is 0.102. The molecule has 9 heteroatoms. The van der Waals surface area contributed by atoms with E-state index in [9.17, 15) is 4.79 Å². The summed E-state index contributed by atoms with van der Waals surface area (Å²) in [6.45, 7) is 3.83. The Kier molecular flexibility index (Phi) is 7.00. The highest BCUT2D eigenvalue weighted by Gasteiger charge is 2.22. The number of piperidine rings is 1. The van der Waals surface area contributed by atoms with Crippen LogP contribution in [0.25, 0.3) is 0 Å². The zero-order chi connectivity index (χ0) is 19.5. The fourth-order valence-corrected chi connectivity index (χ4v) is 4.43. The molecule has 0 radical (unpaired) electrons. The van der Waals surface area contributed by atoms with E-state index in [2.05, 4.69) is 37.8 Å². The van der Waals surface area contributed by atoms with Crippen molar-refractivity contribution in [2.45, 2.75) is 32.1 Å². The second-order valence-electron chi connectivity index (χ2n) is 7.08. The molecular formula is C20H25ClN6OS. The third-order valence-corrected chi connectivity index (χ3v) is 6.11. The van der Waals surface area contributed by atoms with E-state index >= 15 is 0 Å². The number of thiazole rings is 1. The minimum Gasteiger partial charge on any atom is -0.317 e. The summed E-state index contributed by atoms with van der Waals surface area (Å²) in [5.41, 5.74) is 1.93. The number of nitrogens with zero attached hydrogens (tertiary/aromatic N) is 4. The second kappa shape index (κ2) is 9.47. The number of hydrogen-bond acceptors (Lipinski definition) is 6. The Balaban J connectivity index is 0.00000240. The van der Waals surface area contributed by atoms with Crippen molar-refractivity contribution in [3.8, 4) is 0 Å². The van der Waals surface area contributed by atoms with Gasteiger partial charge in [-0.05, 0) is 38.4 Å². The first-order valence-electron chi connectivity index (χ1n) is 9.53. The number of amides is 1. The van der Waals surface area contributed by atoms with Crippen molar-refractivity contribution in [1.82, 2.24) is 25.1 Å². The van der Waals surface area contributed by atoms with Gasteiger partial charge >= 0.3 is 0 Å². The number of aryl methyl sites for hydroxylation is 2. The zero-order valence-corrected chi connectivity index (χ0v) is 18.1. The quantitative estimate of drug-likeness (QED) is 0.646. The third-order valence-electron chi connectivity index (χ3n) is 4.95. The maximum atomic E-state index is 12.8. The maximum absolute atomic E-state index is 12.8. The number of aromatic nitrogens is 4. The molecule has 3 heterocycles. The van der Waals surface area contributed by atoms with Gasteiger partial charge in [0.25, 0.3) is 5.91 Å². The van der Waals surface area contributed by atoms with Crippen molar-refractivity contribution in [3.63, 3.8) is 0 Å². The van der Waals surface area contributed by atoms with Crippen LogP contribution in [0.15, 0.2) is 30.3 Å². The number of benzene rings is 1. The lowest BCUT2D eigenvalue weighted by Gasteiger charge is -2.19. The van der Waals surface area contributed by atoms with Gasteiger partial charge in [0, 0.05) is 19.4 Å².